The van der Waals surface area contributed by atoms with Crippen LogP contribution in [0.3, 0.4) is 0 Å². The lowest BCUT2D eigenvalue weighted by molar-refractivity contribution is 0.00323. The van der Waals surface area contributed by atoms with E-state index in [1.165, 1.54) is 12.1 Å². The lowest BCUT2D eigenvalue weighted by Gasteiger charge is -2.26. The molecule has 1 aromatic carbocycles. The Kier molecular flexibility index (Phi) is 5.13. The maximum absolute atomic E-state index is 13.2. The zero-order valence-electron chi connectivity index (χ0n) is 15.1. The molecule has 7 heteroatoms. The highest BCUT2D eigenvalue weighted by Gasteiger charge is 2.22. The zero-order chi connectivity index (χ0) is 18.6. The number of aromatic nitrogens is 3. The second-order valence-corrected chi connectivity index (χ2v) is 6.41. The number of nitrogens with one attached hydrogen (secondary N) is 1. The Morgan fingerprint density at radius 1 is 1.26 bits per heavy atom. The second-order valence-electron chi connectivity index (χ2n) is 6.41. The molecule has 0 unspecified atom stereocenters. The molecule has 6 nitrogen and oxygen atoms in total. The van der Waals surface area contributed by atoms with Gasteiger partial charge in [-0.25, -0.2) is 14.4 Å². The molecule has 1 aliphatic heterocycles. The summed E-state index contributed by atoms with van der Waals surface area (Å²) in [5.41, 5.74) is 2.93. The normalized spacial score (nSPS) is 16.1. The molecule has 3 heterocycles. The van der Waals surface area contributed by atoms with Gasteiger partial charge in [0.1, 0.15) is 18.2 Å². The van der Waals surface area contributed by atoms with Crippen molar-refractivity contribution in [3.05, 3.63) is 66.0 Å². The van der Waals surface area contributed by atoms with E-state index in [0.717, 1.165) is 22.6 Å². The van der Waals surface area contributed by atoms with E-state index in [1.54, 1.807) is 25.4 Å². The van der Waals surface area contributed by atoms with Gasteiger partial charge in [-0.15, -0.1) is 0 Å². The highest BCUT2D eigenvalue weighted by Crippen LogP contribution is 2.25. The van der Waals surface area contributed by atoms with Crippen LogP contribution in [0.5, 0.6) is 5.88 Å². The van der Waals surface area contributed by atoms with E-state index >= 15 is 0 Å². The molecule has 0 spiro atoms. The summed E-state index contributed by atoms with van der Waals surface area (Å²) in [6.07, 6.45) is 3.56. The molecular formula is C20H21FN4O2. The molecule has 140 valence electrons. The maximum Gasteiger partial charge on any atom is 0.217 e. The standard InChI is InChI=1S/C20H21FN4O2/c1-26-20-15(3-2-8-23-20)9-22-10-17-12-25-18(11-24-19(25)13-27-17)14-4-6-16(21)7-5-14/h2-8,11,17,22H,9-10,12-13H2,1H3/t17-/m0/s1. The molecular weight excluding hydrogens is 347 g/mol. The van der Waals surface area contributed by atoms with E-state index in [2.05, 4.69) is 19.9 Å². The largest absolute Gasteiger partial charge is 0.481 e. The fourth-order valence-electron chi connectivity index (χ4n) is 3.27. The lowest BCUT2D eigenvalue weighted by Crippen LogP contribution is -2.36. The molecule has 27 heavy (non-hydrogen) atoms. The van der Waals surface area contributed by atoms with Gasteiger partial charge >= 0.3 is 0 Å². The average molecular weight is 368 g/mol. The average Bonchev–Trinajstić information content (AvgIpc) is 3.12. The molecule has 1 N–H and O–H groups in total. The Bertz CT molecular complexity index is 911. The molecule has 0 saturated carbocycles. The van der Waals surface area contributed by atoms with Gasteiger partial charge in [0.25, 0.3) is 0 Å². The minimum Gasteiger partial charge on any atom is -0.481 e. The minimum atomic E-state index is -0.242. The number of benzene rings is 1. The van der Waals surface area contributed by atoms with Crippen LogP contribution in [0.1, 0.15) is 11.4 Å². The van der Waals surface area contributed by atoms with Gasteiger partial charge < -0.3 is 19.4 Å². The third-order valence-electron chi connectivity index (χ3n) is 4.64. The van der Waals surface area contributed by atoms with Gasteiger partial charge in [0.15, 0.2) is 0 Å². The summed E-state index contributed by atoms with van der Waals surface area (Å²) < 4.78 is 26.5. The van der Waals surface area contributed by atoms with Crippen molar-refractivity contribution < 1.29 is 13.9 Å². The number of imidazole rings is 1. The SMILES string of the molecule is COc1ncccc1CNC[C@H]1Cn2c(-c3ccc(F)cc3)cnc2CO1. The van der Waals surface area contributed by atoms with Gasteiger partial charge in [-0.1, -0.05) is 6.07 Å². The molecule has 1 atom stereocenters. The van der Waals surface area contributed by atoms with Crippen molar-refractivity contribution in [1.29, 1.82) is 0 Å². The van der Waals surface area contributed by atoms with E-state index in [-0.39, 0.29) is 11.9 Å². The van der Waals surface area contributed by atoms with Crippen molar-refractivity contribution in [2.24, 2.45) is 0 Å². The number of halogens is 1. The quantitative estimate of drug-likeness (QED) is 0.725. The van der Waals surface area contributed by atoms with Crippen LogP contribution >= 0.6 is 0 Å². The second kappa shape index (κ2) is 7.85. The van der Waals surface area contributed by atoms with E-state index in [4.69, 9.17) is 9.47 Å². The molecule has 3 aromatic rings. The molecule has 0 aliphatic carbocycles. The maximum atomic E-state index is 13.2. The summed E-state index contributed by atoms with van der Waals surface area (Å²) in [6.45, 7) is 2.50. The van der Waals surface area contributed by atoms with Crippen LogP contribution in [0.2, 0.25) is 0 Å². The van der Waals surface area contributed by atoms with Gasteiger partial charge in [-0.05, 0) is 35.9 Å². The van der Waals surface area contributed by atoms with Crippen molar-refractivity contribution in [3.8, 4) is 17.1 Å². The topological polar surface area (TPSA) is 61.2 Å². The lowest BCUT2D eigenvalue weighted by atomic mass is 10.1. The Morgan fingerprint density at radius 2 is 2.11 bits per heavy atom. The fourth-order valence-corrected chi connectivity index (χ4v) is 3.27. The van der Waals surface area contributed by atoms with E-state index < -0.39 is 0 Å². The first-order valence-corrected chi connectivity index (χ1v) is 8.85. The molecule has 0 saturated heterocycles. The summed E-state index contributed by atoms with van der Waals surface area (Å²) in [5.74, 6) is 1.28. The molecule has 0 radical (unpaired) electrons. The van der Waals surface area contributed by atoms with Crippen LogP contribution in [-0.2, 0) is 24.4 Å². The first kappa shape index (κ1) is 17.6. The fraction of sp³-hybridized carbons (Fsp3) is 0.300. The van der Waals surface area contributed by atoms with Crippen LogP contribution in [0.15, 0.2) is 48.8 Å². The molecule has 0 fully saturated rings. The highest BCUT2D eigenvalue weighted by atomic mass is 19.1. The molecule has 0 amide bonds. The van der Waals surface area contributed by atoms with Crippen molar-refractivity contribution in [3.63, 3.8) is 0 Å². The number of ether oxygens (including phenoxy) is 2. The van der Waals surface area contributed by atoms with Crippen molar-refractivity contribution >= 4 is 0 Å². The molecule has 2 aromatic heterocycles. The smallest absolute Gasteiger partial charge is 0.217 e. The monoisotopic (exact) mass is 368 g/mol. The van der Waals surface area contributed by atoms with Gasteiger partial charge in [0.05, 0.1) is 31.6 Å². The number of hydrogen-bond acceptors (Lipinski definition) is 5. The number of fused-ring (bicyclic) bond motifs is 1. The zero-order valence-corrected chi connectivity index (χ0v) is 15.1. The van der Waals surface area contributed by atoms with E-state index in [9.17, 15) is 4.39 Å². The number of methoxy groups -OCH3 is 1. The third kappa shape index (κ3) is 3.84. The first-order chi connectivity index (χ1) is 13.2. The Labute approximate surface area is 157 Å². The van der Waals surface area contributed by atoms with Crippen LogP contribution in [0, 0.1) is 5.82 Å². The number of nitrogens with zero attached hydrogens (tertiary/aromatic N) is 3. The number of hydrogen-bond donors (Lipinski definition) is 1. The van der Waals surface area contributed by atoms with Crippen LogP contribution in [0.4, 0.5) is 4.39 Å². The Morgan fingerprint density at radius 3 is 2.93 bits per heavy atom. The van der Waals surface area contributed by atoms with E-state index in [1.807, 2.05) is 18.3 Å². The van der Waals surface area contributed by atoms with Gasteiger partial charge in [0, 0.05) is 24.8 Å². The number of pyridine rings is 1. The van der Waals surface area contributed by atoms with Crippen LogP contribution in [-0.4, -0.2) is 34.3 Å². The van der Waals surface area contributed by atoms with Gasteiger partial charge in [-0.3, -0.25) is 0 Å². The number of rotatable bonds is 6. The molecule has 0 bridgehead atoms. The van der Waals surface area contributed by atoms with Crippen molar-refractivity contribution in [2.45, 2.75) is 25.8 Å². The summed E-state index contributed by atoms with van der Waals surface area (Å²) in [6, 6.07) is 10.4. The highest BCUT2D eigenvalue weighted by molar-refractivity contribution is 5.59. The predicted octanol–water partition coefficient (Wildman–Crippen LogP) is 2.78. The predicted molar refractivity (Wildman–Crippen MR) is 98.7 cm³/mol. The summed E-state index contributed by atoms with van der Waals surface area (Å²) >= 11 is 0. The van der Waals surface area contributed by atoms with E-state index in [0.29, 0.717) is 32.1 Å². The third-order valence-corrected chi connectivity index (χ3v) is 4.64. The minimum absolute atomic E-state index is 0.0218. The van der Waals surface area contributed by atoms with Gasteiger partial charge in [0.2, 0.25) is 5.88 Å². The molecule has 1 aliphatic rings. The van der Waals surface area contributed by atoms with Crippen molar-refractivity contribution in [1.82, 2.24) is 19.9 Å². The summed E-state index contributed by atoms with van der Waals surface area (Å²) in [7, 11) is 1.62. The summed E-state index contributed by atoms with van der Waals surface area (Å²) in [5, 5.41) is 3.41. The Balaban J connectivity index is 1.41. The van der Waals surface area contributed by atoms with Crippen LogP contribution < -0.4 is 10.1 Å². The Hall–Kier alpha value is -2.77. The first-order valence-electron chi connectivity index (χ1n) is 8.85. The summed E-state index contributed by atoms with van der Waals surface area (Å²) in [4.78, 5) is 8.64. The van der Waals surface area contributed by atoms with Crippen molar-refractivity contribution in [2.75, 3.05) is 13.7 Å². The molecule has 4 rings (SSSR count). The van der Waals surface area contributed by atoms with Gasteiger partial charge in [-0.2, -0.15) is 0 Å². The van der Waals surface area contributed by atoms with Crippen LogP contribution in [0.25, 0.3) is 11.3 Å².